The van der Waals surface area contributed by atoms with Crippen LogP contribution in [0.4, 0.5) is 0 Å². The van der Waals surface area contributed by atoms with E-state index in [2.05, 4.69) is 24.4 Å². The fourth-order valence-electron chi connectivity index (χ4n) is 3.12. The zero-order valence-corrected chi connectivity index (χ0v) is 16.4. The molecule has 2 aromatic heterocycles. The van der Waals surface area contributed by atoms with Crippen LogP contribution in [-0.4, -0.2) is 62.0 Å². The van der Waals surface area contributed by atoms with Crippen LogP contribution in [0.1, 0.15) is 29.4 Å². The van der Waals surface area contributed by atoms with Crippen molar-refractivity contribution in [3.05, 3.63) is 30.1 Å². The van der Waals surface area contributed by atoms with Crippen molar-refractivity contribution in [3.63, 3.8) is 0 Å². The zero-order chi connectivity index (χ0) is 19.3. The Kier molecular flexibility index (Phi) is 4.14. The van der Waals surface area contributed by atoms with Crippen molar-refractivity contribution in [2.45, 2.75) is 23.8 Å². The number of hydrogen-bond donors (Lipinski definition) is 1. The predicted octanol–water partition coefficient (Wildman–Crippen LogP) is 0.668. The highest BCUT2D eigenvalue weighted by molar-refractivity contribution is 7.89. The number of fused-ring (bicyclic) bond motifs is 1. The highest BCUT2D eigenvalue weighted by Crippen LogP contribution is 2.31. The van der Waals surface area contributed by atoms with E-state index in [1.807, 2.05) is 0 Å². The van der Waals surface area contributed by atoms with E-state index in [4.69, 9.17) is 0 Å². The van der Waals surface area contributed by atoms with Gasteiger partial charge in [0.05, 0.1) is 24.0 Å². The van der Waals surface area contributed by atoms with E-state index >= 15 is 0 Å². The van der Waals surface area contributed by atoms with Gasteiger partial charge >= 0.3 is 0 Å². The van der Waals surface area contributed by atoms with Gasteiger partial charge in [-0.15, -0.1) is 5.10 Å². The van der Waals surface area contributed by atoms with Gasteiger partial charge in [-0.25, -0.2) is 13.1 Å². The molecule has 3 heterocycles. The Morgan fingerprint density at radius 3 is 2.86 bits per heavy atom. The summed E-state index contributed by atoms with van der Waals surface area (Å²) in [4.78, 5) is 12.2. The molecule has 1 saturated heterocycles. The van der Waals surface area contributed by atoms with Crippen LogP contribution in [0, 0.1) is 5.92 Å². The summed E-state index contributed by atoms with van der Waals surface area (Å²) in [5, 5.41) is 10.8. The second-order valence-corrected chi connectivity index (χ2v) is 9.54. The van der Waals surface area contributed by atoms with E-state index in [9.17, 15) is 13.2 Å². The highest BCUT2D eigenvalue weighted by Gasteiger charge is 2.39. The maximum atomic E-state index is 12.9. The summed E-state index contributed by atoms with van der Waals surface area (Å²) in [6.45, 7) is 1.20. The van der Waals surface area contributed by atoms with Crippen LogP contribution < -0.4 is 5.32 Å². The lowest BCUT2D eigenvalue weighted by Gasteiger charge is -2.37. The van der Waals surface area contributed by atoms with Crippen LogP contribution >= 0.6 is 11.7 Å². The summed E-state index contributed by atoms with van der Waals surface area (Å²) in [5.74, 6) is 0.339. The molecule has 1 aliphatic heterocycles. The molecule has 3 aromatic rings. The molecule has 1 saturated carbocycles. The summed E-state index contributed by atoms with van der Waals surface area (Å²) in [6.07, 6.45) is 3.88. The van der Waals surface area contributed by atoms with Gasteiger partial charge in [-0.3, -0.25) is 4.79 Å². The molecule has 0 radical (unpaired) electrons. The SMILES string of the molecule is O=C(NCC1CC1)c1cn(C2CN(S(=O)(=O)c3cccc4nsnc34)C2)nn1. The molecule has 0 unspecified atom stereocenters. The van der Waals surface area contributed by atoms with Gasteiger partial charge in [0.25, 0.3) is 5.91 Å². The molecule has 2 fully saturated rings. The monoisotopic (exact) mass is 419 g/mol. The Hall–Kier alpha value is -2.44. The molecule has 0 bridgehead atoms. The number of hydrogen-bond acceptors (Lipinski definition) is 8. The van der Waals surface area contributed by atoms with Crippen LogP contribution in [0.2, 0.25) is 0 Å². The van der Waals surface area contributed by atoms with Crippen molar-refractivity contribution in [2.75, 3.05) is 19.6 Å². The first kappa shape index (κ1) is 17.6. The molecule has 5 rings (SSSR count). The molecule has 12 heteroatoms. The van der Waals surface area contributed by atoms with Crippen LogP contribution in [0.15, 0.2) is 29.3 Å². The third-order valence-electron chi connectivity index (χ3n) is 5.06. The van der Waals surface area contributed by atoms with E-state index in [1.54, 1.807) is 29.1 Å². The molecule has 0 atom stereocenters. The van der Waals surface area contributed by atoms with E-state index in [1.165, 1.54) is 4.31 Å². The summed E-state index contributed by atoms with van der Waals surface area (Å²) < 4.78 is 37.0. The van der Waals surface area contributed by atoms with Crippen molar-refractivity contribution in [1.29, 1.82) is 0 Å². The molecule has 28 heavy (non-hydrogen) atoms. The number of sulfonamides is 1. The van der Waals surface area contributed by atoms with Gasteiger partial charge in [-0.1, -0.05) is 11.3 Å². The molecule has 146 valence electrons. The van der Waals surface area contributed by atoms with Crippen LogP contribution in [0.5, 0.6) is 0 Å². The number of carbonyl (C=O) groups excluding carboxylic acids is 1. The first-order chi connectivity index (χ1) is 13.5. The van der Waals surface area contributed by atoms with Gasteiger partial charge in [0.1, 0.15) is 15.9 Å². The minimum Gasteiger partial charge on any atom is -0.350 e. The number of benzene rings is 1. The van der Waals surface area contributed by atoms with E-state index < -0.39 is 10.0 Å². The van der Waals surface area contributed by atoms with Crippen molar-refractivity contribution < 1.29 is 13.2 Å². The average molecular weight is 419 g/mol. The number of aromatic nitrogens is 5. The fourth-order valence-corrected chi connectivity index (χ4v) is 5.38. The molecular formula is C16H17N7O3S2. The van der Waals surface area contributed by atoms with Crippen LogP contribution in [-0.2, 0) is 10.0 Å². The quantitative estimate of drug-likeness (QED) is 0.623. The lowest BCUT2D eigenvalue weighted by Crippen LogP contribution is -2.50. The molecular weight excluding hydrogens is 402 g/mol. The molecule has 0 spiro atoms. The van der Waals surface area contributed by atoms with Crippen LogP contribution in [0.3, 0.4) is 0 Å². The fraction of sp³-hybridized carbons (Fsp3) is 0.438. The third-order valence-corrected chi connectivity index (χ3v) is 7.47. The maximum Gasteiger partial charge on any atom is 0.273 e. The zero-order valence-electron chi connectivity index (χ0n) is 14.7. The minimum atomic E-state index is -3.66. The number of carbonyl (C=O) groups is 1. The summed E-state index contributed by atoms with van der Waals surface area (Å²) in [5.41, 5.74) is 1.22. The maximum absolute atomic E-state index is 12.9. The smallest absolute Gasteiger partial charge is 0.273 e. The Morgan fingerprint density at radius 1 is 1.25 bits per heavy atom. The largest absolute Gasteiger partial charge is 0.350 e. The summed E-state index contributed by atoms with van der Waals surface area (Å²) in [7, 11) is -3.66. The van der Waals surface area contributed by atoms with E-state index in [0.717, 1.165) is 24.6 Å². The first-order valence-corrected chi connectivity index (χ1v) is 11.1. The number of nitrogens with zero attached hydrogens (tertiary/aromatic N) is 6. The average Bonchev–Trinajstić information content (AvgIpc) is 3.13. The predicted molar refractivity (Wildman–Crippen MR) is 100 cm³/mol. The van der Waals surface area contributed by atoms with Gasteiger partial charge in [0, 0.05) is 19.6 Å². The van der Waals surface area contributed by atoms with Gasteiger partial charge in [-0.05, 0) is 30.9 Å². The van der Waals surface area contributed by atoms with Gasteiger partial charge in [-0.2, -0.15) is 13.1 Å². The minimum absolute atomic E-state index is 0.153. The standard InChI is InChI=1S/C16H17N7O3S2/c24-16(17-6-10-4-5-10)13-9-23(21-18-13)11-7-22(8-11)28(25,26)14-3-1-2-12-15(14)20-27-19-12/h1-3,9-11H,4-8H2,(H,17,24). The van der Waals surface area contributed by atoms with Crippen molar-refractivity contribution in [3.8, 4) is 0 Å². The summed E-state index contributed by atoms with van der Waals surface area (Å²) in [6, 6.07) is 4.80. The van der Waals surface area contributed by atoms with Crippen LogP contribution in [0.25, 0.3) is 11.0 Å². The Balaban J connectivity index is 1.27. The second-order valence-electron chi connectivity index (χ2n) is 7.10. The molecule has 2 aliphatic rings. The van der Waals surface area contributed by atoms with Crippen molar-refractivity contribution in [1.82, 2.24) is 33.4 Å². The molecule has 10 nitrogen and oxygen atoms in total. The first-order valence-electron chi connectivity index (χ1n) is 8.94. The normalized spacial score (nSPS) is 18.3. The number of nitrogens with one attached hydrogen (secondary N) is 1. The lowest BCUT2D eigenvalue weighted by molar-refractivity contribution is 0.0946. The number of rotatable bonds is 6. The molecule has 1 amide bonds. The van der Waals surface area contributed by atoms with Crippen molar-refractivity contribution in [2.24, 2.45) is 5.92 Å². The van der Waals surface area contributed by atoms with E-state index in [-0.39, 0.29) is 35.6 Å². The lowest BCUT2D eigenvalue weighted by atomic mass is 10.2. The molecule has 1 aromatic carbocycles. The van der Waals surface area contributed by atoms with Crippen molar-refractivity contribution >= 4 is 38.7 Å². The number of amides is 1. The topological polar surface area (TPSA) is 123 Å². The van der Waals surface area contributed by atoms with Gasteiger partial charge < -0.3 is 5.32 Å². The van der Waals surface area contributed by atoms with E-state index in [0.29, 0.717) is 23.5 Å². The summed E-state index contributed by atoms with van der Waals surface area (Å²) >= 11 is 0.990. The van der Waals surface area contributed by atoms with Gasteiger partial charge in [0.15, 0.2) is 5.69 Å². The Morgan fingerprint density at radius 2 is 2.07 bits per heavy atom. The third kappa shape index (κ3) is 3.06. The second kappa shape index (κ2) is 6.57. The molecule has 1 N–H and O–H groups in total. The Bertz CT molecular complexity index is 1150. The van der Waals surface area contributed by atoms with Gasteiger partial charge in [0.2, 0.25) is 10.0 Å². The molecule has 1 aliphatic carbocycles. The Labute approximate surface area is 164 Å². The highest BCUT2D eigenvalue weighted by atomic mass is 32.2.